The van der Waals surface area contributed by atoms with Crippen LogP contribution in [0.2, 0.25) is 0 Å². The van der Waals surface area contributed by atoms with Gasteiger partial charge in [0.05, 0.1) is 5.75 Å². The number of rotatable bonds is 7. The molecule has 0 spiro atoms. The van der Waals surface area contributed by atoms with Crippen LogP contribution in [0.3, 0.4) is 0 Å². The van der Waals surface area contributed by atoms with Crippen molar-refractivity contribution >= 4 is 22.0 Å². The second-order valence-corrected chi connectivity index (χ2v) is 9.25. The molecule has 2 N–H and O–H groups in total. The van der Waals surface area contributed by atoms with Crippen molar-refractivity contribution in [2.24, 2.45) is 0 Å². The number of aliphatic carboxylic acids is 2. The van der Waals surface area contributed by atoms with E-state index in [-0.39, 0.29) is 5.75 Å². The maximum Gasteiger partial charge on any atom is 0.414 e. The van der Waals surface area contributed by atoms with Crippen molar-refractivity contribution in [3.8, 4) is 11.5 Å². The van der Waals surface area contributed by atoms with E-state index in [1.807, 2.05) is 55.5 Å². The van der Waals surface area contributed by atoms with Crippen LogP contribution >= 0.6 is 0 Å². The number of carbonyl (C=O) groups is 2. The maximum atomic E-state index is 12.2. The first-order valence-corrected chi connectivity index (χ1v) is 11.8. The molecule has 9 nitrogen and oxygen atoms in total. The van der Waals surface area contributed by atoms with Gasteiger partial charge in [-0.1, -0.05) is 37.3 Å². The van der Waals surface area contributed by atoms with Gasteiger partial charge in [0.15, 0.2) is 0 Å². The molecule has 0 radical (unpaired) electrons. The number of hydrogen-bond acceptors (Lipinski definition) is 6. The molecule has 1 heterocycles. The minimum atomic E-state index is -3.08. The van der Waals surface area contributed by atoms with Gasteiger partial charge in [-0.05, 0) is 36.2 Å². The Kier molecular flexibility index (Phi) is 9.63. The second kappa shape index (κ2) is 12.2. The predicted octanol–water partition coefficient (Wildman–Crippen LogP) is 2.49. The normalized spacial score (nSPS) is 14.8. The van der Waals surface area contributed by atoms with Gasteiger partial charge in [0.25, 0.3) is 0 Å². The largest absolute Gasteiger partial charge is 0.473 e. The molecule has 0 amide bonds. The van der Waals surface area contributed by atoms with Crippen molar-refractivity contribution in [3.63, 3.8) is 0 Å². The summed E-state index contributed by atoms with van der Waals surface area (Å²) in [5.74, 6) is -1.77. The number of piperazine rings is 1. The first kappa shape index (κ1) is 25.3. The summed E-state index contributed by atoms with van der Waals surface area (Å²) in [5.41, 5.74) is 1.17. The fourth-order valence-electron chi connectivity index (χ4n) is 3.14. The van der Waals surface area contributed by atoms with E-state index in [0.717, 1.165) is 31.1 Å². The molecule has 0 unspecified atom stereocenters. The first-order chi connectivity index (χ1) is 15.2. The van der Waals surface area contributed by atoms with Crippen molar-refractivity contribution in [1.29, 1.82) is 0 Å². The quantitative estimate of drug-likeness (QED) is 0.599. The molecule has 1 saturated heterocycles. The first-order valence-electron chi connectivity index (χ1n) is 10.2. The summed E-state index contributed by atoms with van der Waals surface area (Å²) in [4.78, 5) is 20.5. The Bertz CT molecular complexity index is 976. The van der Waals surface area contributed by atoms with Gasteiger partial charge in [0.1, 0.15) is 11.5 Å². The highest BCUT2D eigenvalue weighted by atomic mass is 32.2. The topological polar surface area (TPSA) is 124 Å². The summed E-state index contributed by atoms with van der Waals surface area (Å²) < 4.78 is 31.8. The van der Waals surface area contributed by atoms with Gasteiger partial charge in [-0.15, -0.1) is 0 Å². The highest BCUT2D eigenvalue weighted by Gasteiger charge is 2.26. The Labute approximate surface area is 187 Å². The van der Waals surface area contributed by atoms with E-state index >= 15 is 0 Å². The minimum Gasteiger partial charge on any atom is -0.473 e. The fraction of sp³-hybridized carbons (Fsp3) is 0.364. The Balaban J connectivity index is 0.000000534. The number of carboxylic acids is 2. The summed E-state index contributed by atoms with van der Waals surface area (Å²) in [6.45, 7) is 5.36. The third kappa shape index (κ3) is 8.29. The summed E-state index contributed by atoms with van der Waals surface area (Å²) in [5, 5.41) is 14.8. The van der Waals surface area contributed by atoms with Gasteiger partial charge in [-0.3, -0.25) is 4.90 Å². The molecule has 174 valence electrons. The van der Waals surface area contributed by atoms with Crippen LogP contribution in [0, 0.1) is 0 Å². The number of nitrogens with zero attached hydrogens (tertiary/aromatic N) is 2. The van der Waals surface area contributed by atoms with Crippen LogP contribution in [0.15, 0.2) is 54.6 Å². The number of ether oxygens (including phenoxy) is 1. The molecule has 2 aromatic carbocycles. The lowest BCUT2D eigenvalue weighted by Gasteiger charge is -2.34. The van der Waals surface area contributed by atoms with Crippen LogP contribution in [-0.2, 0) is 26.2 Å². The van der Waals surface area contributed by atoms with Crippen LogP contribution in [0.5, 0.6) is 11.5 Å². The Morgan fingerprint density at radius 3 is 2.06 bits per heavy atom. The summed E-state index contributed by atoms with van der Waals surface area (Å²) >= 11 is 0. The van der Waals surface area contributed by atoms with Gasteiger partial charge >= 0.3 is 11.9 Å². The molecule has 32 heavy (non-hydrogen) atoms. The predicted molar refractivity (Wildman–Crippen MR) is 119 cm³/mol. The van der Waals surface area contributed by atoms with E-state index in [4.69, 9.17) is 24.5 Å². The monoisotopic (exact) mass is 464 g/mol. The van der Waals surface area contributed by atoms with E-state index in [2.05, 4.69) is 11.0 Å². The lowest BCUT2D eigenvalue weighted by molar-refractivity contribution is -0.159. The van der Waals surface area contributed by atoms with Crippen LogP contribution in [-0.4, -0.2) is 71.7 Å². The minimum absolute atomic E-state index is 0.242. The molecule has 1 aliphatic rings. The van der Waals surface area contributed by atoms with Crippen LogP contribution in [0.25, 0.3) is 0 Å². The van der Waals surface area contributed by atoms with E-state index in [9.17, 15) is 8.42 Å². The van der Waals surface area contributed by atoms with Gasteiger partial charge in [-0.2, -0.15) is 4.31 Å². The fourth-order valence-corrected chi connectivity index (χ4v) is 4.64. The molecule has 10 heteroatoms. The Morgan fingerprint density at radius 2 is 1.50 bits per heavy atom. The molecular weight excluding hydrogens is 436 g/mol. The zero-order chi connectivity index (χ0) is 23.6. The number of para-hydroxylation sites is 1. The maximum absolute atomic E-state index is 12.2. The molecule has 0 aromatic heterocycles. The van der Waals surface area contributed by atoms with E-state index in [0.29, 0.717) is 19.5 Å². The molecule has 2 aromatic rings. The number of carboxylic acid groups (broad SMARTS) is 2. The van der Waals surface area contributed by atoms with Crippen LogP contribution in [0.1, 0.15) is 18.9 Å². The van der Waals surface area contributed by atoms with Gasteiger partial charge in [0.2, 0.25) is 10.0 Å². The van der Waals surface area contributed by atoms with Gasteiger partial charge < -0.3 is 14.9 Å². The lowest BCUT2D eigenvalue weighted by atomic mass is 10.2. The number of sulfonamides is 1. The highest BCUT2D eigenvalue weighted by molar-refractivity contribution is 7.89. The van der Waals surface area contributed by atoms with E-state index < -0.39 is 22.0 Å². The Hall–Kier alpha value is -2.95. The highest BCUT2D eigenvalue weighted by Crippen LogP contribution is 2.22. The third-order valence-corrected chi connectivity index (χ3v) is 6.73. The summed E-state index contributed by atoms with van der Waals surface area (Å²) in [6, 6.07) is 17.8. The molecule has 0 bridgehead atoms. The Morgan fingerprint density at radius 1 is 0.906 bits per heavy atom. The smallest absolute Gasteiger partial charge is 0.414 e. The van der Waals surface area contributed by atoms with Crippen LogP contribution < -0.4 is 4.74 Å². The summed E-state index contributed by atoms with van der Waals surface area (Å²) in [7, 11) is -3.08. The van der Waals surface area contributed by atoms with Crippen molar-refractivity contribution in [3.05, 3.63) is 60.2 Å². The molecule has 0 atom stereocenters. The van der Waals surface area contributed by atoms with Crippen molar-refractivity contribution in [2.75, 3.05) is 31.9 Å². The van der Waals surface area contributed by atoms with Crippen molar-refractivity contribution < 1.29 is 33.0 Å². The van der Waals surface area contributed by atoms with E-state index in [1.54, 1.807) is 4.31 Å². The zero-order valence-electron chi connectivity index (χ0n) is 17.9. The van der Waals surface area contributed by atoms with E-state index in [1.165, 1.54) is 5.56 Å². The van der Waals surface area contributed by atoms with Crippen molar-refractivity contribution in [1.82, 2.24) is 9.21 Å². The molecule has 1 aliphatic heterocycles. The number of benzene rings is 2. The lowest BCUT2D eigenvalue weighted by Crippen LogP contribution is -2.48. The number of hydrogen-bond donors (Lipinski definition) is 2. The standard InChI is InChI=1S/C20H26N2O3S.C2H2O4/c1-2-15-26(23,24)22-13-11-21(12-14-22)17-18-7-6-10-20(16-18)25-19-8-4-3-5-9-19;3-1(4)2(5)6/h3-10,16H,2,11-15,17H2,1H3;(H,3,4)(H,5,6). The average Bonchev–Trinajstić information content (AvgIpc) is 2.75. The van der Waals surface area contributed by atoms with Gasteiger partial charge in [-0.25, -0.2) is 18.0 Å². The van der Waals surface area contributed by atoms with Crippen molar-refractivity contribution in [2.45, 2.75) is 19.9 Å². The third-order valence-electron chi connectivity index (χ3n) is 4.65. The molecule has 0 aliphatic carbocycles. The van der Waals surface area contributed by atoms with Crippen LogP contribution in [0.4, 0.5) is 0 Å². The average molecular weight is 465 g/mol. The zero-order valence-corrected chi connectivity index (χ0v) is 18.7. The molecule has 0 saturated carbocycles. The second-order valence-electron chi connectivity index (χ2n) is 7.16. The molecule has 3 rings (SSSR count). The molecular formula is C22H28N2O7S. The SMILES string of the molecule is CCCS(=O)(=O)N1CCN(Cc2cccc(Oc3ccccc3)c2)CC1.O=C(O)C(=O)O. The van der Waals surface area contributed by atoms with Gasteiger partial charge in [0, 0.05) is 32.7 Å². The molecule has 1 fully saturated rings. The summed E-state index contributed by atoms with van der Waals surface area (Å²) in [6.07, 6.45) is 0.663.